The molecule has 1 aliphatic heterocycles. The number of benzene rings is 2. The van der Waals surface area contributed by atoms with E-state index in [-0.39, 0.29) is 11.8 Å². The maximum Gasteiger partial charge on any atom is 0.272 e. The molecule has 0 saturated heterocycles. The standard InChI is InChI=1S/C27H34N4O3/c1-4-5-6-7-11-18-23(32)28-19(2)26(33)30-25-27(34)31(3)22-17-13-12-16-21(22)24(29-25)20-14-9-8-10-15-20/h8-10,12-17,19,25H,4-7,11,18H2,1-3H3,(H,28,32)(H,30,33)/t19?,25-/m1/s1. The van der Waals surface area contributed by atoms with E-state index in [9.17, 15) is 14.4 Å². The van der Waals surface area contributed by atoms with Gasteiger partial charge in [-0.15, -0.1) is 0 Å². The number of aliphatic imine (C=N–C) groups is 1. The van der Waals surface area contributed by atoms with Gasteiger partial charge in [-0.1, -0.05) is 81.1 Å². The summed E-state index contributed by atoms with van der Waals surface area (Å²) in [6.45, 7) is 3.76. The number of hydrogen-bond acceptors (Lipinski definition) is 4. The summed E-state index contributed by atoms with van der Waals surface area (Å²) in [4.78, 5) is 44.5. The zero-order valence-corrected chi connectivity index (χ0v) is 20.2. The monoisotopic (exact) mass is 462 g/mol. The van der Waals surface area contributed by atoms with Gasteiger partial charge in [-0.2, -0.15) is 0 Å². The number of hydrogen-bond donors (Lipinski definition) is 2. The lowest BCUT2D eigenvalue weighted by Gasteiger charge is -2.22. The van der Waals surface area contributed by atoms with Crippen LogP contribution in [0.5, 0.6) is 0 Å². The van der Waals surface area contributed by atoms with Crippen molar-refractivity contribution in [2.45, 2.75) is 64.6 Å². The van der Waals surface area contributed by atoms with Crippen LogP contribution in [-0.4, -0.2) is 42.7 Å². The van der Waals surface area contributed by atoms with E-state index in [0.29, 0.717) is 12.1 Å². The minimum absolute atomic E-state index is 0.163. The number of nitrogens with zero attached hydrogens (tertiary/aromatic N) is 2. The molecule has 0 bridgehead atoms. The van der Waals surface area contributed by atoms with Crippen molar-refractivity contribution in [1.29, 1.82) is 0 Å². The van der Waals surface area contributed by atoms with Crippen LogP contribution < -0.4 is 15.5 Å². The van der Waals surface area contributed by atoms with E-state index in [1.54, 1.807) is 14.0 Å². The molecule has 0 radical (unpaired) electrons. The van der Waals surface area contributed by atoms with Crippen LogP contribution in [0, 0.1) is 0 Å². The van der Waals surface area contributed by atoms with Crippen LogP contribution in [-0.2, 0) is 14.4 Å². The van der Waals surface area contributed by atoms with Crippen LogP contribution in [0.3, 0.4) is 0 Å². The Hall–Kier alpha value is -3.48. The van der Waals surface area contributed by atoms with Gasteiger partial charge in [-0.25, -0.2) is 4.99 Å². The number of para-hydroxylation sites is 1. The molecule has 2 aromatic carbocycles. The smallest absolute Gasteiger partial charge is 0.272 e. The van der Waals surface area contributed by atoms with E-state index in [1.807, 2.05) is 54.6 Å². The van der Waals surface area contributed by atoms with Crippen LogP contribution in [0.4, 0.5) is 5.69 Å². The Morgan fingerprint density at radius 1 is 1.00 bits per heavy atom. The van der Waals surface area contributed by atoms with Crippen LogP contribution in [0.25, 0.3) is 0 Å². The molecular formula is C27H34N4O3. The average molecular weight is 463 g/mol. The van der Waals surface area contributed by atoms with Gasteiger partial charge in [0.2, 0.25) is 18.0 Å². The molecule has 1 aliphatic rings. The van der Waals surface area contributed by atoms with Gasteiger partial charge in [0.15, 0.2) is 0 Å². The fourth-order valence-corrected chi connectivity index (χ4v) is 3.97. The molecule has 3 amide bonds. The lowest BCUT2D eigenvalue weighted by atomic mass is 10.0. The Bertz CT molecular complexity index is 1040. The molecular weight excluding hydrogens is 428 g/mol. The molecule has 1 unspecified atom stereocenters. The van der Waals surface area contributed by atoms with E-state index < -0.39 is 18.1 Å². The normalized spacial score (nSPS) is 16.2. The molecule has 2 atom stereocenters. The summed E-state index contributed by atoms with van der Waals surface area (Å²) in [6, 6.07) is 16.3. The summed E-state index contributed by atoms with van der Waals surface area (Å²) < 4.78 is 0. The molecule has 34 heavy (non-hydrogen) atoms. The van der Waals surface area contributed by atoms with Crippen molar-refractivity contribution in [3.8, 4) is 0 Å². The average Bonchev–Trinajstić information content (AvgIpc) is 2.95. The second-order valence-corrected chi connectivity index (χ2v) is 8.62. The molecule has 0 aliphatic carbocycles. The summed E-state index contributed by atoms with van der Waals surface area (Å²) >= 11 is 0. The second-order valence-electron chi connectivity index (χ2n) is 8.62. The molecule has 0 fully saturated rings. The van der Waals surface area contributed by atoms with Crippen molar-refractivity contribution in [3.63, 3.8) is 0 Å². The van der Waals surface area contributed by atoms with Gasteiger partial charge in [-0.3, -0.25) is 14.4 Å². The maximum absolute atomic E-state index is 13.2. The highest BCUT2D eigenvalue weighted by Crippen LogP contribution is 2.27. The Kier molecular flexibility index (Phi) is 8.96. The van der Waals surface area contributed by atoms with Gasteiger partial charge in [0.1, 0.15) is 6.04 Å². The molecule has 0 aromatic heterocycles. The maximum atomic E-state index is 13.2. The fourth-order valence-electron chi connectivity index (χ4n) is 3.97. The lowest BCUT2D eigenvalue weighted by molar-refractivity contribution is -0.130. The summed E-state index contributed by atoms with van der Waals surface area (Å²) in [6.07, 6.45) is 4.52. The first-order chi connectivity index (χ1) is 16.4. The third kappa shape index (κ3) is 6.31. The predicted molar refractivity (Wildman–Crippen MR) is 135 cm³/mol. The SMILES string of the molecule is CCCCCCCC(=O)NC(C)C(=O)N[C@H]1N=C(c2ccccc2)c2ccccc2N(C)C1=O. The second kappa shape index (κ2) is 12.1. The van der Waals surface area contributed by atoms with Crippen molar-refractivity contribution >= 4 is 29.1 Å². The van der Waals surface area contributed by atoms with E-state index in [2.05, 4.69) is 22.5 Å². The first kappa shape index (κ1) is 25.1. The molecule has 1 heterocycles. The third-order valence-electron chi connectivity index (χ3n) is 5.95. The van der Waals surface area contributed by atoms with Crippen molar-refractivity contribution in [2.75, 3.05) is 11.9 Å². The highest BCUT2D eigenvalue weighted by Gasteiger charge is 2.32. The Balaban J connectivity index is 1.73. The first-order valence-electron chi connectivity index (χ1n) is 12.0. The van der Waals surface area contributed by atoms with E-state index in [4.69, 9.17) is 0 Å². The van der Waals surface area contributed by atoms with Crippen molar-refractivity contribution in [2.24, 2.45) is 4.99 Å². The number of amides is 3. The van der Waals surface area contributed by atoms with Gasteiger partial charge >= 0.3 is 0 Å². The van der Waals surface area contributed by atoms with E-state index >= 15 is 0 Å². The van der Waals surface area contributed by atoms with Gasteiger partial charge in [0, 0.05) is 24.6 Å². The largest absolute Gasteiger partial charge is 0.345 e. The zero-order chi connectivity index (χ0) is 24.5. The molecule has 0 spiro atoms. The topological polar surface area (TPSA) is 90.9 Å². The highest BCUT2D eigenvalue weighted by molar-refractivity contribution is 6.20. The molecule has 2 N–H and O–H groups in total. The summed E-state index contributed by atoms with van der Waals surface area (Å²) in [5, 5.41) is 5.47. The van der Waals surface area contributed by atoms with E-state index in [0.717, 1.165) is 42.5 Å². The van der Waals surface area contributed by atoms with Crippen LogP contribution in [0.2, 0.25) is 0 Å². The van der Waals surface area contributed by atoms with Gasteiger partial charge in [0.05, 0.1) is 11.4 Å². The lowest BCUT2D eigenvalue weighted by Crippen LogP contribution is -2.52. The molecule has 180 valence electrons. The number of unbranched alkanes of at least 4 members (excludes halogenated alkanes) is 4. The van der Waals surface area contributed by atoms with Crippen LogP contribution in [0.15, 0.2) is 59.6 Å². The number of likely N-dealkylation sites (N-methyl/N-ethyl adjacent to an activating group) is 1. The van der Waals surface area contributed by atoms with Gasteiger partial charge in [0.25, 0.3) is 5.91 Å². The number of carbonyl (C=O) groups is 3. The number of fused-ring (bicyclic) bond motifs is 1. The van der Waals surface area contributed by atoms with Gasteiger partial charge < -0.3 is 15.5 Å². The molecule has 7 heteroatoms. The van der Waals surface area contributed by atoms with Gasteiger partial charge in [-0.05, 0) is 19.4 Å². The number of carbonyl (C=O) groups excluding carboxylic acids is 3. The van der Waals surface area contributed by atoms with Crippen molar-refractivity contribution in [3.05, 3.63) is 65.7 Å². The Labute approximate surface area is 201 Å². The number of rotatable bonds is 10. The quantitative estimate of drug-likeness (QED) is 0.526. The highest BCUT2D eigenvalue weighted by atomic mass is 16.2. The Morgan fingerprint density at radius 2 is 1.68 bits per heavy atom. The number of nitrogens with one attached hydrogen (secondary N) is 2. The molecule has 7 nitrogen and oxygen atoms in total. The van der Waals surface area contributed by atoms with Crippen molar-refractivity contribution in [1.82, 2.24) is 10.6 Å². The van der Waals surface area contributed by atoms with Crippen LogP contribution in [0.1, 0.15) is 63.5 Å². The third-order valence-corrected chi connectivity index (χ3v) is 5.95. The first-order valence-corrected chi connectivity index (χ1v) is 12.0. The van der Waals surface area contributed by atoms with E-state index in [1.165, 1.54) is 11.3 Å². The summed E-state index contributed by atoms with van der Waals surface area (Å²) in [5.74, 6) is -0.960. The Morgan fingerprint density at radius 3 is 2.41 bits per heavy atom. The molecule has 0 saturated carbocycles. The van der Waals surface area contributed by atoms with Crippen molar-refractivity contribution < 1.29 is 14.4 Å². The molecule has 3 rings (SSSR count). The predicted octanol–water partition coefficient (Wildman–Crippen LogP) is 3.81. The minimum atomic E-state index is -1.10. The number of anilines is 1. The fraction of sp³-hybridized carbons (Fsp3) is 0.407. The minimum Gasteiger partial charge on any atom is -0.345 e. The molecule has 2 aromatic rings. The zero-order valence-electron chi connectivity index (χ0n) is 20.2. The summed E-state index contributed by atoms with van der Waals surface area (Å²) in [5.41, 5.74) is 3.01. The summed E-state index contributed by atoms with van der Waals surface area (Å²) in [7, 11) is 1.67. The number of benzodiazepines with no additional fused rings is 1. The van der Waals surface area contributed by atoms with Crippen LogP contribution >= 0.6 is 0 Å².